The average Bonchev–Trinajstić information content (AvgIpc) is 2.76. The highest BCUT2D eigenvalue weighted by Gasteiger charge is 2.41. The Balaban J connectivity index is 2.23. The number of alkyl halides is 3. The fourth-order valence-corrected chi connectivity index (χ4v) is 3.49. The molecule has 7 nitrogen and oxygen atoms in total. The van der Waals surface area contributed by atoms with Crippen molar-refractivity contribution in [2.24, 2.45) is 0 Å². The van der Waals surface area contributed by atoms with Crippen LogP contribution in [0.25, 0.3) is 6.08 Å². The van der Waals surface area contributed by atoms with Crippen LogP contribution in [0.5, 0.6) is 28.7 Å². The van der Waals surface area contributed by atoms with Crippen molar-refractivity contribution in [3.63, 3.8) is 0 Å². The summed E-state index contributed by atoms with van der Waals surface area (Å²) < 4.78 is 75.2. The van der Waals surface area contributed by atoms with Gasteiger partial charge in [0.25, 0.3) is 0 Å². The van der Waals surface area contributed by atoms with Gasteiger partial charge in [0.05, 0.1) is 34.0 Å². The van der Waals surface area contributed by atoms with Crippen LogP contribution in [0, 0.1) is 0 Å². The van der Waals surface area contributed by atoms with Gasteiger partial charge in [-0.2, -0.15) is 13.2 Å². The first-order chi connectivity index (χ1) is 15.1. The number of ether oxygens (including phenoxy) is 5. The summed E-state index contributed by atoms with van der Waals surface area (Å²) in [6, 6.07) is 7.27. The van der Waals surface area contributed by atoms with Gasteiger partial charge in [0.2, 0.25) is 0 Å². The predicted octanol–water partition coefficient (Wildman–Crippen LogP) is 4.11. The largest absolute Gasteiger partial charge is 0.612 e. The Bertz CT molecular complexity index is 951. The Hall–Kier alpha value is -3.05. The summed E-state index contributed by atoms with van der Waals surface area (Å²) in [4.78, 5) is 11.2. The third kappa shape index (κ3) is 6.47. The molecule has 2 aromatic carbocycles. The zero-order valence-electron chi connectivity index (χ0n) is 17.6. The van der Waals surface area contributed by atoms with Crippen molar-refractivity contribution in [1.29, 1.82) is 0 Å². The molecule has 2 aromatic rings. The van der Waals surface area contributed by atoms with Crippen LogP contribution in [0.4, 0.5) is 13.2 Å². The monoisotopic (exact) mass is 474 g/mol. The van der Waals surface area contributed by atoms with E-state index < -0.39 is 29.1 Å². The van der Waals surface area contributed by atoms with Crippen LogP contribution in [0.2, 0.25) is 0 Å². The van der Waals surface area contributed by atoms with Gasteiger partial charge in [-0.15, -0.1) is 0 Å². The Morgan fingerprint density at radius 1 is 0.938 bits per heavy atom. The zero-order chi connectivity index (χ0) is 23.9. The molecule has 11 heteroatoms. The molecule has 0 aliphatic rings. The van der Waals surface area contributed by atoms with Gasteiger partial charge in [0.15, 0.2) is 11.5 Å². The summed E-state index contributed by atoms with van der Waals surface area (Å²) in [5.74, 6) is -1.56. The molecule has 0 aliphatic heterocycles. The molecule has 174 valence electrons. The molecule has 0 bridgehead atoms. The SMILES string of the molecule is COc1cc(OC)c(/C=C/[S+]([O-])Cc2ccc(OC)c(OC(=O)C(F)(F)F)c2)c(OC)c1. The molecule has 0 radical (unpaired) electrons. The second kappa shape index (κ2) is 11.0. The van der Waals surface area contributed by atoms with Gasteiger partial charge in [-0.05, 0) is 23.3 Å². The summed E-state index contributed by atoms with van der Waals surface area (Å²) in [5.41, 5.74) is 0.895. The minimum atomic E-state index is -5.16. The number of methoxy groups -OCH3 is 4. The first-order valence-corrected chi connectivity index (χ1v) is 10.3. The van der Waals surface area contributed by atoms with Crippen molar-refractivity contribution < 1.29 is 46.2 Å². The summed E-state index contributed by atoms with van der Waals surface area (Å²) in [5, 5.41) is 1.39. The molecular formula is C21H21F3O7S. The van der Waals surface area contributed by atoms with Crippen LogP contribution in [0.3, 0.4) is 0 Å². The number of carbonyl (C=O) groups excluding carboxylic acids is 1. The molecule has 0 heterocycles. The summed E-state index contributed by atoms with van der Waals surface area (Å²) in [7, 11) is 5.64. The highest BCUT2D eigenvalue weighted by molar-refractivity contribution is 7.93. The minimum Gasteiger partial charge on any atom is -0.612 e. The van der Waals surface area contributed by atoms with E-state index in [2.05, 4.69) is 4.74 Å². The number of rotatable bonds is 9. The summed E-state index contributed by atoms with van der Waals surface area (Å²) in [6.07, 6.45) is -3.62. The molecule has 0 saturated carbocycles. The van der Waals surface area contributed by atoms with E-state index in [0.717, 1.165) is 0 Å². The summed E-state index contributed by atoms with van der Waals surface area (Å²) >= 11 is -1.57. The van der Waals surface area contributed by atoms with E-state index >= 15 is 0 Å². The van der Waals surface area contributed by atoms with Crippen LogP contribution < -0.4 is 23.7 Å². The lowest BCUT2D eigenvalue weighted by Crippen LogP contribution is -2.28. The smallest absolute Gasteiger partial charge is 0.491 e. The maximum atomic E-state index is 12.6. The maximum absolute atomic E-state index is 12.6. The fraction of sp³-hybridized carbons (Fsp3) is 0.286. The molecule has 2 rings (SSSR count). The molecule has 1 atom stereocenters. The van der Waals surface area contributed by atoms with E-state index in [1.807, 2.05) is 0 Å². The van der Waals surface area contributed by atoms with Crippen LogP contribution >= 0.6 is 0 Å². The molecule has 0 amide bonds. The van der Waals surface area contributed by atoms with Crippen LogP contribution in [0.1, 0.15) is 11.1 Å². The molecule has 0 N–H and O–H groups in total. The molecule has 0 aromatic heterocycles. The van der Waals surface area contributed by atoms with Gasteiger partial charge in [-0.3, -0.25) is 0 Å². The lowest BCUT2D eigenvalue weighted by atomic mass is 10.1. The standard InChI is InChI=1S/C21H21F3O7S/c1-27-14-10-17(29-3)15(18(11-14)30-4)7-8-32(26)12-13-5-6-16(28-2)19(9-13)31-20(25)21(22,23)24/h5-11H,12H2,1-4H3/b8-7+. The highest BCUT2D eigenvalue weighted by atomic mass is 32.2. The second-order valence-electron chi connectivity index (χ2n) is 6.15. The predicted molar refractivity (Wildman–Crippen MR) is 112 cm³/mol. The lowest BCUT2D eigenvalue weighted by molar-refractivity contribution is -0.189. The average molecular weight is 474 g/mol. The van der Waals surface area contributed by atoms with E-state index in [0.29, 0.717) is 28.4 Å². The van der Waals surface area contributed by atoms with Crippen molar-refractivity contribution in [2.45, 2.75) is 11.9 Å². The number of carbonyl (C=O) groups is 1. The topological polar surface area (TPSA) is 86.3 Å². The molecule has 1 unspecified atom stereocenters. The van der Waals surface area contributed by atoms with Gasteiger partial charge < -0.3 is 28.2 Å². The first kappa shape index (κ1) is 25.2. The van der Waals surface area contributed by atoms with Crippen molar-refractivity contribution in [3.8, 4) is 28.7 Å². The van der Waals surface area contributed by atoms with Gasteiger partial charge in [0, 0.05) is 23.8 Å². The van der Waals surface area contributed by atoms with Crippen LogP contribution in [-0.4, -0.2) is 45.1 Å². The molecular weight excluding hydrogens is 453 g/mol. The second-order valence-corrected chi connectivity index (χ2v) is 7.47. The summed E-state index contributed by atoms with van der Waals surface area (Å²) in [6.45, 7) is 0. The van der Waals surface area contributed by atoms with Gasteiger partial charge in [0.1, 0.15) is 28.4 Å². The van der Waals surface area contributed by atoms with Gasteiger partial charge in [-0.1, -0.05) is 6.07 Å². The van der Waals surface area contributed by atoms with Crippen LogP contribution in [0.15, 0.2) is 35.7 Å². The van der Waals surface area contributed by atoms with Crippen LogP contribution in [-0.2, 0) is 21.7 Å². The van der Waals surface area contributed by atoms with Gasteiger partial charge in [-0.25, -0.2) is 4.79 Å². The fourth-order valence-electron chi connectivity index (χ4n) is 2.60. The number of hydrogen-bond acceptors (Lipinski definition) is 7. The van der Waals surface area contributed by atoms with E-state index in [9.17, 15) is 22.5 Å². The van der Waals surface area contributed by atoms with E-state index in [1.165, 1.54) is 52.0 Å². The normalized spacial score (nSPS) is 12.4. The van der Waals surface area contributed by atoms with Crippen molar-refractivity contribution in [3.05, 3.63) is 46.9 Å². The van der Waals surface area contributed by atoms with Gasteiger partial charge >= 0.3 is 12.1 Å². The van der Waals surface area contributed by atoms with E-state index in [4.69, 9.17) is 18.9 Å². The van der Waals surface area contributed by atoms with Crippen molar-refractivity contribution >= 4 is 23.2 Å². The van der Waals surface area contributed by atoms with Crippen molar-refractivity contribution in [1.82, 2.24) is 0 Å². The van der Waals surface area contributed by atoms with E-state index in [-0.39, 0.29) is 11.5 Å². The number of hydrogen-bond donors (Lipinski definition) is 0. The lowest BCUT2D eigenvalue weighted by Gasteiger charge is -2.14. The Morgan fingerprint density at radius 3 is 2.03 bits per heavy atom. The molecule has 0 spiro atoms. The Morgan fingerprint density at radius 2 is 1.53 bits per heavy atom. The number of esters is 1. The van der Waals surface area contributed by atoms with Crippen molar-refractivity contribution in [2.75, 3.05) is 28.4 Å². The molecule has 0 saturated heterocycles. The minimum absolute atomic E-state index is 0.0577. The molecule has 0 aliphatic carbocycles. The third-order valence-corrected chi connectivity index (χ3v) is 5.17. The van der Waals surface area contributed by atoms with E-state index in [1.54, 1.807) is 18.2 Å². The maximum Gasteiger partial charge on any atom is 0.491 e. The molecule has 32 heavy (non-hydrogen) atoms. The number of benzene rings is 2. The molecule has 0 fully saturated rings. The third-order valence-electron chi connectivity index (χ3n) is 4.11. The Labute approximate surface area is 185 Å². The quantitative estimate of drug-likeness (QED) is 0.307. The number of halogens is 3. The Kier molecular flexibility index (Phi) is 8.67. The zero-order valence-corrected chi connectivity index (χ0v) is 18.5. The first-order valence-electron chi connectivity index (χ1n) is 8.94. The highest BCUT2D eigenvalue weighted by Crippen LogP contribution is 2.35.